The molecule has 5 nitrogen and oxygen atoms in total. The van der Waals surface area contributed by atoms with Crippen molar-refractivity contribution in [1.29, 1.82) is 0 Å². The number of nitrogens with zero attached hydrogens (tertiary/aromatic N) is 4. The van der Waals surface area contributed by atoms with Crippen LogP contribution >= 0.6 is 22.9 Å². The summed E-state index contributed by atoms with van der Waals surface area (Å²) in [5.74, 6) is 0.141. The van der Waals surface area contributed by atoms with Gasteiger partial charge in [0.1, 0.15) is 0 Å². The number of aromatic nitrogens is 2. The van der Waals surface area contributed by atoms with Crippen LogP contribution in [0.2, 0.25) is 5.02 Å². The molecule has 0 N–H and O–H groups in total. The first-order chi connectivity index (χ1) is 9.72. The van der Waals surface area contributed by atoms with Gasteiger partial charge in [0.15, 0.2) is 0 Å². The highest BCUT2D eigenvalue weighted by atomic mass is 35.5. The molecular weight excluding hydrogens is 296 g/mol. The van der Waals surface area contributed by atoms with E-state index in [4.69, 9.17) is 11.6 Å². The molecule has 0 saturated carbocycles. The van der Waals surface area contributed by atoms with Crippen LogP contribution in [-0.2, 0) is 6.67 Å². The van der Waals surface area contributed by atoms with Gasteiger partial charge in [0.2, 0.25) is 0 Å². The van der Waals surface area contributed by atoms with E-state index in [-0.39, 0.29) is 5.91 Å². The predicted molar refractivity (Wildman–Crippen MR) is 79.0 cm³/mol. The van der Waals surface area contributed by atoms with Crippen LogP contribution in [0.1, 0.15) is 9.67 Å². The van der Waals surface area contributed by atoms with Gasteiger partial charge in [-0.1, -0.05) is 17.7 Å². The lowest BCUT2D eigenvalue weighted by molar-refractivity contribution is 0.0591. The first-order valence-electron chi connectivity index (χ1n) is 6.45. The summed E-state index contributed by atoms with van der Waals surface area (Å²) >= 11 is 7.34. The Balaban J connectivity index is 1.53. The summed E-state index contributed by atoms with van der Waals surface area (Å²) in [6.45, 7) is 3.94. The van der Waals surface area contributed by atoms with Gasteiger partial charge in [0.25, 0.3) is 5.91 Å². The van der Waals surface area contributed by atoms with Gasteiger partial charge in [-0.15, -0.1) is 11.3 Å². The molecule has 3 heterocycles. The zero-order valence-corrected chi connectivity index (χ0v) is 12.5. The number of carbonyl (C=O) groups is 1. The largest absolute Gasteiger partial charge is 0.335 e. The Morgan fingerprint density at radius 3 is 2.75 bits per heavy atom. The molecule has 1 aliphatic rings. The normalized spacial score (nSPS) is 16.6. The summed E-state index contributed by atoms with van der Waals surface area (Å²) in [7, 11) is 0. The highest BCUT2D eigenvalue weighted by molar-refractivity contribution is 7.12. The first kappa shape index (κ1) is 13.6. The van der Waals surface area contributed by atoms with Gasteiger partial charge in [0, 0.05) is 32.4 Å². The molecule has 2 aromatic rings. The lowest BCUT2D eigenvalue weighted by Crippen LogP contribution is -2.48. The average molecular weight is 311 g/mol. The van der Waals surface area contributed by atoms with Crippen LogP contribution in [0, 0.1) is 0 Å². The van der Waals surface area contributed by atoms with Crippen LogP contribution < -0.4 is 0 Å². The minimum Gasteiger partial charge on any atom is -0.335 e. The van der Waals surface area contributed by atoms with Crippen molar-refractivity contribution in [2.45, 2.75) is 6.67 Å². The molecule has 1 aliphatic heterocycles. The van der Waals surface area contributed by atoms with Gasteiger partial charge >= 0.3 is 0 Å². The molecule has 106 valence electrons. The minimum atomic E-state index is 0.141. The van der Waals surface area contributed by atoms with Crippen molar-refractivity contribution in [3.63, 3.8) is 0 Å². The summed E-state index contributed by atoms with van der Waals surface area (Å²) in [6, 6.07) is 3.79. The van der Waals surface area contributed by atoms with E-state index in [1.165, 1.54) is 11.3 Å². The van der Waals surface area contributed by atoms with Gasteiger partial charge in [-0.05, 0) is 11.4 Å². The zero-order chi connectivity index (χ0) is 13.9. The number of carbonyl (C=O) groups excluding carboxylic acids is 1. The molecule has 0 spiro atoms. The number of rotatable bonds is 3. The number of hydrogen-bond donors (Lipinski definition) is 0. The molecule has 20 heavy (non-hydrogen) atoms. The number of piperazine rings is 1. The zero-order valence-electron chi connectivity index (χ0n) is 10.9. The van der Waals surface area contributed by atoms with E-state index in [0.29, 0.717) is 11.7 Å². The van der Waals surface area contributed by atoms with Gasteiger partial charge in [0.05, 0.1) is 22.8 Å². The summed E-state index contributed by atoms with van der Waals surface area (Å²) in [5.41, 5.74) is 0. The number of thiophene rings is 1. The smallest absolute Gasteiger partial charge is 0.264 e. The molecule has 0 unspecified atom stereocenters. The highest BCUT2D eigenvalue weighted by Gasteiger charge is 2.22. The standard InChI is InChI=1S/C13H15ClN4OS/c14-11-8-15-18(9-11)10-16-3-5-17(6-4-16)13(19)12-2-1-7-20-12/h1-2,7-9H,3-6,10H2. The molecule has 1 fully saturated rings. The third-order valence-corrected chi connectivity index (χ3v) is 4.39. The molecule has 1 amide bonds. The third-order valence-electron chi connectivity index (χ3n) is 3.34. The summed E-state index contributed by atoms with van der Waals surface area (Å²) in [5, 5.41) is 6.75. The van der Waals surface area contributed by atoms with Gasteiger partial charge in [-0.2, -0.15) is 5.10 Å². The lowest BCUT2D eigenvalue weighted by Gasteiger charge is -2.34. The van der Waals surface area contributed by atoms with Crippen molar-refractivity contribution in [1.82, 2.24) is 19.6 Å². The van der Waals surface area contributed by atoms with Crippen molar-refractivity contribution < 1.29 is 4.79 Å². The van der Waals surface area contributed by atoms with Gasteiger partial charge in [-0.3, -0.25) is 14.4 Å². The molecule has 0 aliphatic carbocycles. The van der Waals surface area contributed by atoms with E-state index in [1.54, 1.807) is 6.20 Å². The Hall–Kier alpha value is -1.37. The summed E-state index contributed by atoms with van der Waals surface area (Å²) in [6.07, 6.45) is 3.45. The SMILES string of the molecule is O=C(c1cccs1)N1CCN(Cn2cc(Cl)cn2)CC1. The van der Waals surface area contributed by atoms with Crippen LogP contribution in [-0.4, -0.2) is 51.7 Å². The topological polar surface area (TPSA) is 41.4 Å². The second-order valence-electron chi connectivity index (χ2n) is 4.73. The second kappa shape index (κ2) is 5.95. The molecule has 1 saturated heterocycles. The number of halogens is 1. The minimum absolute atomic E-state index is 0.141. The van der Waals surface area contributed by atoms with E-state index in [0.717, 1.165) is 31.1 Å². The fourth-order valence-electron chi connectivity index (χ4n) is 2.27. The van der Waals surface area contributed by atoms with Crippen molar-refractivity contribution in [2.75, 3.05) is 26.2 Å². The van der Waals surface area contributed by atoms with Crippen LogP contribution in [0.15, 0.2) is 29.9 Å². The third kappa shape index (κ3) is 3.03. The van der Waals surface area contributed by atoms with Crippen LogP contribution in [0.3, 0.4) is 0 Å². The van der Waals surface area contributed by atoms with Crippen molar-refractivity contribution in [3.8, 4) is 0 Å². The van der Waals surface area contributed by atoms with E-state index in [2.05, 4.69) is 10.00 Å². The Bertz CT molecular complexity index is 575. The van der Waals surface area contributed by atoms with E-state index < -0.39 is 0 Å². The second-order valence-corrected chi connectivity index (χ2v) is 6.11. The number of amides is 1. The maximum atomic E-state index is 12.2. The fourth-order valence-corrected chi connectivity index (χ4v) is 3.12. The Kier molecular flexibility index (Phi) is 4.05. The molecule has 3 rings (SSSR count). The predicted octanol–water partition coefficient (Wildman–Crippen LogP) is 2.01. The molecule has 2 aromatic heterocycles. The molecule has 7 heteroatoms. The highest BCUT2D eigenvalue weighted by Crippen LogP contribution is 2.14. The Labute approximate surface area is 126 Å². The molecular formula is C13H15ClN4OS. The van der Waals surface area contributed by atoms with Gasteiger partial charge in [-0.25, -0.2) is 0 Å². The van der Waals surface area contributed by atoms with Crippen molar-refractivity contribution in [3.05, 3.63) is 39.8 Å². The van der Waals surface area contributed by atoms with Crippen LogP contribution in [0.4, 0.5) is 0 Å². The van der Waals surface area contributed by atoms with Crippen LogP contribution in [0.25, 0.3) is 0 Å². The van der Waals surface area contributed by atoms with E-state index >= 15 is 0 Å². The van der Waals surface area contributed by atoms with Crippen molar-refractivity contribution >= 4 is 28.8 Å². The summed E-state index contributed by atoms with van der Waals surface area (Å²) < 4.78 is 1.82. The van der Waals surface area contributed by atoms with Gasteiger partial charge < -0.3 is 4.90 Å². The van der Waals surface area contributed by atoms with Crippen molar-refractivity contribution in [2.24, 2.45) is 0 Å². The fraction of sp³-hybridized carbons (Fsp3) is 0.385. The summed E-state index contributed by atoms with van der Waals surface area (Å²) in [4.78, 5) is 17.2. The Morgan fingerprint density at radius 1 is 1.35 bits per heavy atom. The molecule has 0 radical (unpaired) electrons. The monoisotopic (exact) mass is 310 g/mol. The first-order valence-corrected chi connectivity index (χ1v) is 7.71. The quantitative estimate of drug-likeness (QED) is 0.871. The molecule has 0 bridgehead atoms. The lowest BCUT2D eigenvalue weighted by atomic mass is 10.3. The van der Waals surface area contributed by atoms with E-state index in [1.807, 2.05) is 33.3 Å². The Morgan fingerprint density at radius 2 is 2.15 bits per heavy atom. The average Bonchev–Trinajstić information content (AvgIpc) is 3.11. The molecule has 0 atom stereocenters. The maximum Gasteiger partial charge on any atom is 0.264 e. The van der Waals surface area contributed by atoms with Crippen LogP contribution in [0.5, 0.6) is 0 Å². The number of hydrogen-bond acceptors (Lipinski definition) is 4. The molecule has 0 aromatic carbocycles. The maximum absolute atomic E-state index is 12.2. The van der Waals surface area contributed by atoms with E-state index in [9.17, 15) is 4.79 Å².